The molecule has 1 aliphatic heterocycles. The lowest BCUT2D eigenvalue weighted by molar-refractivity contribution is -0.200. The van der Waals surface area contributed by atoms with Crippen molar-refractivity contribution in [3.63, 3.8) is 0 Å². The fourth-order valence-electron chi connectivity index (χ4n) is 3.14. The minimum absolute atomic E-state index is 0.0657. The first-order chi connectivity index (χ1) is 13.9. The van der Waals surface area contributed by atoms with E-state index in [1.165, 1.54) is 31.2 Å². The first-order valence-corrected chi connectivity index (χ1v) is 9.00. The second-order valence-corrected chi connectivity index (χ2v) is 6.84. The summed E-state index contributed by atoms with van der Waals surface area (Å²) in [5.74, 6) is -0.454. The molecule has 1 heterocycles. The van der Waals surface area contributed by atoms with Gasteiger partial charge >= 0.3 is 12.4 Å². The van der Waals surface area contributed by atoms with E-state index >= 15 is 0 Å². The van der Waals surface area contributed by atoms with Crippen LogP contribution in [0.2, 0.25) is 0 Å². The van der Waals surface area contributed by atoms with Gasteiger partial charge in [-0.05, 0) is 48.4 Å². The summed E-state index contributed by atoms with van der Waals surface area (Å²) in [5.41, 5.74) is -2.52. The van der Waals surface area contributed by atoms with Crippen LogP contribution in [0.3, 0.4) is 0 Å². The molecule has 0 spiro atoms. The maximum absolute atomic E-state index is 13.2. The van der Waals surface area contributed by atoms with Crippen LogP contribution in [0.15, 0.2) is 42.5 Å². The molecule has 0 aliphatic carbocycles. The topological polar surface area (TPSA) is 30.5 Å². The Hall–Kier alpha value is -2.17. The van der Waals surface area contributed by atoms with Crippen LogP contribution in [-0.4, -0.2) is 19.4 Å². The van der Waals surface area contributed by atoms with E-state index < -0.39 is 47.7 Å². The van der Waals surface area contributed by atoms with Gasteiger partial charge in [-0.1, -0.05) is 12.1 Å². The molecule has 3 nitrogen and oxygen atoms in total. The van der Waals surface area contributed by atoms with Gasteiger partial charge in [0.25, 0.3) is 0 Å². The van der Waals surface area contributed by atoms with Crippen LogP contribution < -0.4 is 5.32 Å². The summed E-state index contributed by atoms with van der Waals surface area (Å²) in [7, 11) is 0. The summed E-state index contributed by atoms with van der Waals surface area (Å²) in [6, 6.07) is 6.20. The monoisotopic (exact) mass is 437 g/mol. The van der Waals surface area contributed by atoms with E-state index in [2.05, 4.69) is 5.32 Å². The van der Waals surface area contributed by atoms with Gasteiger partial charge in [-0.3, -0.25) is 0 Å². The summed E-state index contributed by atoms with van der Waals surface area (Å²) in [6.07, 6.45) is -12.0. The third-order valence-electron chi connectivity index (χ3n) is 4.67. The molecule has 0 bridgehead atoms. The first kappa shape index (κ1) is 22.5. The van der Waals surface area contributed by atoms with Crippen LogP contribution in [0.4, 0.5) is 30.7 Å². The lowest BCUT2D eigenvalue weighted by Crippen LogP contribution is -2.43. The molecule has 3 rings (SSSR count). The van der Waals surface area contributed by atoms with Crippen molar-refractivity contribution in [3.05, 3.63) is 70.5 Å². The summed E-state index contributed by atoms with van der Waals surface area (Å²) in [5, 5.41) is 3.10. The number of rotatable bonds is 4. The van der Waals surface area contributed by atoms with Gasteiger partial charge < -0.3 is 14.8 Å². The lowest BCUT2D eigenvalue weighted by Gasteiger charge is -2.34. The van der Waals surface area contributed by atoms with E-state index in [0.717, 1.165) is 0 Å². The van der Waals surface area contributed by atoms with E-state index in [9.17, 15) is 30.7 Å². The number of nitrogens with one attached hydrogen (secondary N) is 1. The average Bonchev–Trinajstić information content (AvgIpc) is 2.67. The van der Waals surface area contributed by atoms with E-state index in [-0.39, 0.29) is 18.2 Å². The molecule has 1 aliphatic rings. The number of benzene rings is 2. The van der Waals surface area contributed by atoms with Gasteiger partial charge in [0, 0.05) is 6.54 Å². The van der Waals surface area contributed by atoms with Crippen LogP contribution in [0.5, 0.6) is 0 Å². The predicted octanol–water partition coefficient (Wildman–Crippen LogP) is 5.63. The normalized spacial score (nSPS) is 21.5. The molecule has 0 amide bonds. The maximum Gasteiger partial charge on any atom is 0.416 e. The van der Waals surface area contributed by atoms with Crippen molar-refractivity contribution in [1.29, 1.82) is 0 Å². The average molecular weight is 437 g/mol. The standard InChI is InChI=1S/C20H18F7NO2/c1-11(13-8-14(19(22,23)24)10-15(9-13)20(25,26)27)30-18-17(28-6-7-29-18)12-2-4-16(21)5-3-12/h2-5,8-11,17-18,28H,6-7H2,1H3/t11-,17+,18-/m0/s1. The van der Waals surface area contributed by atoms with Gasteiger partial charge in [0.05, 0.1) is 29.9 Å². The van der Waals surface area contributed by atoms with Crippen LogP contribution >= 0.6 is 0 Å². The van der Waals surface area contributed by atoms with Crippen LogP contribution in [0.1, 0.15) is 41.3 Å². The van der Waals surface area contributed by atoms with Crippen molar-refractivity contribution >= 4 is 0 Å². The Labute approximate surface area is 167 Å². The summed E-state index contributed by atoms with van der Waals surface area (Å²) in [4.78, 5) is 0. The third kappa shape index (κ3) is 5.30. The SMILES string of the molecule is C[C@H](O[C@@H]1OCCN[C@@H]1c1ccc(F)cc1)c1cc(C(F)(F)F)cc(C(F)(F)F)c1. The molecule has 0 radical (unpaired) electrons. The minimum atomic E-state index is -4.95. The Kier molecular flexibility index (Phi) is 6.40. The molecule has 1 fully saturated rings. The molecule has 0 saturated carbocycles. The van der Waals surface area contributed by atoms with Crippen molar-refractivity contribution in [2.75, 3.05) is 13.2 Å². The summed E-state index contributed by atoms with van der Waals surface area (Å²) >= 11 is 0. The molecule has 3 atom stereocenters. The minimum Gasteiger partial charge on any atom is -0.349 e. The van der Waals surface area contributed by atoms with Crippen LogP contribution in [0, 0.1) is 5.82 Å². The number of halogens is 7. The molecule has 164 valence electrons. The predicted molar refractivity (Wildman–Crippen MR) is 92.8 cm³/mol. The maximum atomic E-state index is 13.2. The quantitative estimate of drug-likeness (QED) is 0.630. The third-order valence-corrected chi connectivity index (χ3v) is 4.67. The van der Waals surface area contributed by atoms with Gasteiger partial charge in [0.15, 0.2) is 6.29 Å². The summed E-state index contributed by atoms with van der Waals surface area (Å²) < 4.78 is 103. The highest BCUT2D eigenvalue weighted by Crippen LogP contribution is 2.38. The Morgan fingerprint density at radius 1 is 0.967 bits per heavy atom. The van der Waals surface area contributed by atoms with E-state index in [4.69, 9.17) is 9.47 Å². The van der Waals surface area contributed by atoms with E-state index in [1.807, 2.05) is 0 Å². The molecule has 10 heteroatoms. The Morgan fingerprint density at radius 2 is 1.53 bits per heavy atom. The molecule has 2 aromatic carbocycles. The number of hydrogen-bond donors (Lipinski definition) is 1. The van der Waals surface area contributed by atoms with Crippen LogP contribution in [-0.2, 0) is 21.8 Å². The largest absolute Gasteiger partial charge is 0.416 e. The molecule has 2 aromatic rings. The van der Waals surface area contributed by atoms with E-state index in [0.29, 0.717) is 24.2 Å². The van der Waals surface area contributed by atoms with Gasteiger partial charge in [-0.2, -0.15) is 26.3 Å². The highest BCUT2D eigenvalue weighted by atomic mass is 19.4. The fraction of sp³-hybridized carbons (Fsp3) is 0.400. The highest BCUT2D eigenvalue weighted by molar-refractivity contribution is 5.34. The fourth-order valence-corrected chi connectivity index (χ4v) is 3.14. The molecule has 1 saturated heterocycles. The zero-order valence-corrected chi connectivity index (χ0v) is 15.6. The second kappa shape index (κ2) is 8.52. The molecule has 0 aromatic heterocycles. The highest BCUT2D eigenvalue weighted by Gasteiger charge is 2.38. The number of alkyl halides is 6. The molecule has 30 heavy (non-hydrogen) atoms. The van der Waals surface area contributed by atoms with Gasteiger partial charge in [-0.25, -0.2) is 4.39 Å². The zero-order chi connectivity index (χ0) is 22.1. The van der Waals surface area contributed by atoms with Crippen LogP contribution in [0.25, 0.3) is 0 Å². The Bertz CT molecular complexity index is 833. The number of hydrogen-bond acceptors (Lipinski definition) is 3. The Balaban J connectivity index is 1.88. The van der Waals surface area contributed by atoms with Crippen molar-refractivity contribution in [2.45, 2.75) is 37.7 Å². The summed E-state index contributed by atoms with van der Waals surface area (Å²) in [6.45, 7) is 2.01. The first-order valence-electron chi connectivity index (χ1n) is 9.00. The lowest BCUT2D eigenvalue weighted by atomic mass is 10.0. The molecular formula is C20H18F7NO2. The Morgan fingerprint density at radius 3 is 2.07 bits per heavy atom. The van der Waals surface area contributed by atoms with Gasteiger partial charge in [-0.15, -0.1) is 0 Å². The molecule has 0 unspecified atom stereocenters. The van der Waals surface area contributed by atoms with Crippen molar-refractivity contribution < 1.29 is 40.2 Å². The van der Waals surface area contributed by atoms with Gasteiger partial charge in [0.1, 0.15) is 5.82 Å². The van der Waals surface area contributed by atoms with Crippen molar-refractivity contribution in [2.24, 2.45) is 0 Å². The smallest absolute Gasteiger partial charge is 0.349 e. The zero-order valence-electron chi connectivity index (χ0n) is 15.6. The van der Waals surface area contributed by atoms with Crippen molar-refractivity contribution in [1.82, 2.24) is 5.32 Å². The second-order valence-electron chi connectivity index (χ2n) is 6.84. The van der Waals surface area contributed by atoms with Gasteiger partial charge in [0.2, 0.25) is 0 Å². The number of ether oxygens (including phenoxy) is 2. The van der Waals surface area contributed by atoms with E-state index in [1.54, 1.807) is 0 Å². The molecule has 1 N–H and O–H groups in total. The number of morpholine rings is 1. The molecular weight excluding hydrogens is 419 g/mol. The van der Waals surface area contributed by atoms with Crippen molar-refractivity contribution in [3.8, 4) is 0 Å².